The maximum Gasteiger partial charge on any atom is 0.374 e. The summed E-state index contributed by atoms with van der Waals surface area (Å²) in [6.45, 7) is 7.70. The lowest BCUT2D eigenvalue weighted by Crippen LogP contribution is -2.14. The van der Waals surface area contributed by atoms with Crippen molar-refractivity contribution in [1.82, 2.24) is 4.98 Å². The summed E-state index contributed by atoms with van der Waals surface area (Å²) < 4.78 is 16.0. The molecule has 1 aromatic carbocycles. The molecule has 0 saturated carbocycles. The van der Waals surface area contributed by atoms with E-state index < -0.39 is 11.9 Å². The van der Waals surface area contributed by atoms with Gasteiger partial charge in [0.15, 0.2) is 11.1 Å². The first-order chi connectivity index (χ1) is 15.4. The van der Waals surface area contributed by atoms with Gasteiger partial charge in [-0.15, -0.1) is 0 Å². The summed E-state index contributed by atoms with van der Waals surface area (Å²) >= 11 is 6.76. The number of fused-ring (bicyclic) bond motifs is 2. The molecule has 0 aliphatic rings. The van der Waals surface area contributed by atoms with Gasteiger partial charge in [0.2, 0.25) is 5.76 Å². The molecular weight excluding hydrogens is 434 g/mol. The van der Waals surface area contributed by atoms with Crippen molar-refractivity contribution < 1.29 is 23.5 Å². The van der Waals surface area contributed by atoms with Crippen LogP contribution >= 0.6 is 11.6 Å². The Morgan fingerprint density at radius 1 is 0.938 bits per heavy atom. The molecular formula is C24H26ClNO6. The number of ether oxygens (including phenoxy) is 2. The van der Waals surface area contributed by atoms with Gasteiger partial charge in [-0.25, -0.2) is 14.6 Å². The van der Waals surface area contributed by atoms with Crippen LogP contribution in [0.15, 0.2) is 21.3 Å². The Balaban J connectivity index is 2.45. The quantitative estimate of drug-likeness (QED) is 0.335. The molecule has 0 aliphatic heterocycles. The Bertz CT molecular complexity index is 1250. The fraction of sp³-hybridized carbons (Fsp3) is 0.417. The lowest BCUT2D eigenvalue weighted by Gasteiger charge is -2.16. The molecule has 0 aliphatic carbocycles. The van der Waals surface area contributed by atoms with Crippen LogP contribution in [-0.4, -0.2) is 30.1 Å². The van der Waals surface area contributed by atoms with E-state index in [2.05, 4.69) is 4.98 Å². The van der Waals surface area contributed by atoms with Crippen molar-refractivity contribution in [2.45, 2.75) is 53.4 Å². The molecule has 7 nitrogen and oxygen atoms in total. The predicted molar refractivity (Wildman–Crippen MR) is 123 cm³/mol. The smallest absolute Gasteiger partial charge is 0.374 e. The van der Waals surface area contributed by atoms with Crippen LogP contribution in [0.25, 0.3) is 21.9 Å². The number of carbonyl (C=O) groups excluding carboxylic acids is 2. The molecule has 0 radical (unpaired) electrons. The number of hydrogen-bond acceptors (Lipinski definition) is 7. The standard InChI is InChI=1S/C24H26ClNO6/c1-5-9-13-19(25)16-11-15-17(27)12-18(23(28)30-7-3)32-22(15)14(10-6-2)20(16)26-21(13)24(29)31-8-4/h11-12H,5-10H2,1-4H3. The zero-order valence-electron chi connectivity index (χ0n) is 18.7. The van der Waals surface area contributed by atoms with E-state index >= 15 is 0 Å². The third kappa shape index (κ3) is 4.35. The van der Waals surface area contributed by atoms with Crippen LogP contribution in [0, 0.1) is 0 Å². The lowest BCUT2D eigenvalue weighted by atomic mass is 9.97. The lowest BCUT2D eigenvalue weighted by molar-refractivity contribution is 0.0488. The van der Waals surface area contributed by atoms with Crippen molar-refractivity contribution in [2.75, 3.05) is 13.2 Å². The van der Waals surface area contributed by atoms with E-state index in [-0.39, 0.29) is 35.7 Å². The molecule has 2 heterocycles. The van der Waals surface area contributed by atoms with Crippen molar-refractivity contribution in [3.05, 3.63) is 50.0 Å². The molecule has 2 aromatic heterocycles. The zero-order valence-corrected chi connectivity index (χ0v) is 19.4. The fourth-order valence-electron chi connectivity index (χ4n) is 3.72. The highest BCUT2D eigenvalue weighted by molar-refractivity contribution is 6.37. The molecule has 170 valence electrons. The maximum atomic E-state index is 12.9. The van der Waals surface area contributed by atoms with Crippen LogP contribution in [0.5, 0.6) is 0 Å². The fourth-order valence-corrected chi connectivity index (χ4v) is 4.05. The van der Waals surface area contributed by atoms with Gasteiger partial charge in [0.25, 0.3) is 0 Å². The van der Waals surface area contributed by atoms with E-state index in [1.807, 2.05) is 13.8 Å². The number of nitrogens with zero attached hydrogens (tertiary/aromatic N) is 1. The van der Waals surface area contributed by atoms with E-state index in [4.69, 9.17) is 25.5 Å². The van der Waals surface area contributed by atoms with Crippen molar-refractivity contribution in [1.29, 1.82) is 0 Å². The number of hydrogen-bond donors (Lipinski definition) is 0. The minimum Gasteiger partial charge on any atom is -0.461 e. The number of pyridine rings is 1. The third-order valence-electron chi connectivity index (χ3n) is 5.04. The molecule has 0 amide bonds. The van der Waals surface area contributed by atoms with E-state index in [1.54, 1.807) is 19.9 Å². The first-order valence-corrected chi connectivity index (χ1v) is 11.2. The molecule has 0 bridgehead atoms. The minimum absolute atomic E-state index is 0.153. The number of aryl methyl sites for hydroxylation is 1. The Morgan fingerprint density at radius 3 is 2.19 bits per heavy atom. The maximum absolute atomic E-state index is 12.9. The predicted octanol–water partition coefficient (Wildman–Crippen LogP) is 5.25. The summed E-state index contributed by atoms with van der Waals surface area (Å²) in [7, 11) is 0. The van der Waals surface area contributed by atoms with Crippen LogP contribution < -0.4 is 5.43 Å². The van der Waals surface area contributed by atoms with Gasteiger partial charge in [-0.3, -0.25) is 4.79 Å². The van der Waals surface area contributed by atoms with E-state index in [0.29, 0.717) is 51.7 Å². The summed E-state index contributed by atoms with van der Waals surface area (Å²) in [5.74, 6) is -1.45. The molecule has 32 heavy (non-hydrogen) atoms. The topological polar surface area (TPSA) is 95.7 Å². The number of esters is 2. The highest BCUT2D eigenvalue weighted by Gasteiger charge is 2.24. The van der Waals surface area contributed by atoms with E-state index in [1.165, 1.54) is 0 Å². The molecule has 0 saturated heterocycles. The van der Waals surface area contributed by atoms with Gasteiger partial charge in [-0.2, -0.15) is 0 Å². The van der Waals surface area contributed by atoms with Crippen molar-refractivity contribution in [3.63, 3.8) is 0 Å². The molecule has 3 aromatic rings. The molecule has 0 unspecified atom stereocenters. The Labute approximate surface area is 190 Å². The van der Waals surface area contributed by atoms with Gasteiger partial charge in [-0.05, 0) is 32.8 Å². The average Bonchev–Trinajstić information content (AvgIpc) is 2.76. The second kappa shape index (κ2) is 10.1. The number of halogens is 1. The third-order valence-corrected chi connectivity index (χ3v) is 5.48. The van der Waals surface area contributed by atoms with Gasteiger partial charge in [0.1, 0.15) is 5.58 Å². The van der Waals surface area contributed by atoms with E-state index in [9.17, 15) is 14.4 Å². The SMILES string of the molecule is CCCc1c(C(=O)OCC)nc2c(CCC)c3oc(C(=O)OCC)cc(=O)c3cc2c1Cl. The molecule has 0 atom stereocenters. The zero-order chi connectivity index (χ0) is 23.4. The number of aromatic nitrogens is 1. The van der Waals surface area contributed by atoms with Crippen LogP contribution in [0.3, 0.4) is 0 Å². The first kappa shape index (κ1) is 23.7. The largest absolute Gasteiger partial charge is 0.461 e. The van der Waals surface area contributed by atoms with E-state index in [0.717, 1.165) is 12.5 Å². The van der Waals surface area contributed by atoms with Crippen LogP contribution in [0.1, 0.15) is 72.7 Å². The normalized spacial score (nSPS) is 11.2. The molecule has 0 fully saturated rings. The summed E-state index contributed by atoms with van der Waals surface area (Å²) in [4.78, 5) is 42.4. The Hall–Kier alpha value is -2.93. The van der Waals surface area contributed by atoms with Crippen LogP contribution in [0.4, 0.5) is 0 Å². The Morgan fingerprint density at radius 2 is 1.56 bits per heavy atom. The van der Waals surface area contributed by atoms with Crippen LogP contribution in [-0.2, 0) is 22.3 Å². The second-order valence-corrected chi connectivity index (χ2v) is 7.67. The average molecular weight is 460 g/mol. The Kier molecular flexibility index (Phi) is 7.51. The van der Waals surface area contributed by atoms with Gasteiger partial charge in [0.05, 0.1) is 29.1 Å². The van der Waals surface area contributed by atoms with Crippen molar-refractivity contribution in [3.8, 4) is 0 Å². The highest BCUT2D eigenvalue weighted by atomic mass is 35.5. The minimum atomic E-state index is -0.717. The summed E-state index contributed by atoms with van der Waals surface area (Å²) in [5, 5.41) is 1.23. The summed E-state index contributed by atoms with van der Waals surface area (Å²) in [5.41, 5.74) is 1.68. The second-order valence-electron chi connectivity index (χ2n) is 7.30. The molecule has 8 heteroatoms. The first-order valence-electron chi connectivity index (χ1n) is 10.8. The molecule has 0 spiro atoms. The molecule has 3 rings (SSSR count). The van der Waals surface area contributed by atoms with Crippen LogP contribution in [0.2, 0.25) is 5.02 Å². The van der Waals surface area contributed by atoms with Gasteiger partial charge >= 0.3 is 11.9 Å². The molecule has 0 N–H and O–H groups in total. The monoisotopic (exact) mass is 459 g/mol. The van der Waals surface area contributed by atoms with Gasteiger partial charge < -0.3 is 13.9 Å². The summed E-state index contributed by atoms with van der Waals surface area (Å²) in [6.07, 6.45) is 2.50. The van der Waals surface area contributed by atoms with Crippen molar-refractivity contribution >= 4 is 45.4 Å². The van der Waals surface area contributed by atoms with Gasteiger partial charge in [-0.1, -0.05) is 38.3 Å². The van der Waals surface area contributed by atoms with Crippen molar-refractivity contribution in [2.24, 2.45) is 0 Å². The number of carbonyl (C=O) groups is 2. The van der Waals surface area contributed by atoms with Gasteiger partial charge in [0, 0.05) is 22.6 Å². The number of benzene rings is 1. The number of rotatable bonds is 8. The highest BCUT2D eigenvalue weighted by Crippen LogP contribution is 2.35. The summed E-state index contributed by atoms with van der Waals surface area (Å²) in [6, 6.07) is 2.75.